The first-order valence-electron chi connectivity index (χ1n) is 11.8. The Morgan fingerprint density at radius 1 is 1.33 bits per heavy atom. The average molecular weight is 451 g/mol. The molecule has 0 spiro atoms. The standard InChI is InChI=1S/C26H34N4O3/c1-18-14-30(19(2)17-31)26(32)23-12-21(20-8-4-5-9-20)13-28-25(23)33-24(18)16-29(3)15-22-10-6-7-11-27-22/h6-8,10-13,18-19,24,31H,4-5,9,14-17H2,1-3H3/t18-,19-,24+/m0/s1. The number of hydrogen-bond acceptors (Lipinski definition) is 6. The van der Waals surface area contributed by atoms with Gasteiger partial charge in [-0.05, 0) is 62.6 Å². The summed E-state index contributed by atoms with van der Waals surface area (Å²) in [6.07, 6.45) is 8.88. The van der Waals surface area contributed by atoms with Crippen LogP contribution in [0.5, 0.6) is 5.88 Å². The number of rotatable bonds is 7. The SMILES string of the molecule is C[C@H]1CN([C@@H](C)CO)C(=O)c2cc(C3=CCCC3)cnc2O[C@@H]1CN(C)Cc1ccccn1. The second kappa shape index (κ2) is 10.4. The maximum atomic E-state index is 13.5. The zero-order valence-corrected chi connectivity index (χ0v) is 19.8. The van der Waals surface area contributed by atoms with E-state index in [4.69, 9.17) is 4.74 Å². The van der Waals surface area contributed by atoms with Crippen molar-refractivity contribution in [3.05, 3.63) is 59.6 Å². The molecule has 1 amide bonds. The van der Waals surface area contributed by atoms with Crippen molar-refractivity contribution in [3.8, 4) is 5.88 Å². The molecule has 3 heterocycles. The number of ether oxygens (including phenoxy) is 1. The summed E-state index contributed by atoms with van der Waals surface area (Å²) in [5, 5.41) is 9.84. The third-order valence-electron chi connectivity index (χ3n) is 6.58. The molecule has 4 rings (SSSR count). The molecule has 176 valence electrons. The highest BCUT2D eigenvalue weighted by atomic mass is 16.5. The lowest BCUT2D eigenvalue weighted by molar-refractivity contribution is 0.0324. The normalized spacial score (nSPS) is 21.8. The summed E-state index contributed by atoms with van der Waals surface area (Å²) in [5.41, 5.74) is 3.70. The lowest BCUT2D eigenvalue weighted by Gasteiger charge is -2.37. The number of carbonyl (C=O) groups is 1. The van der Waals surface area contributed by atoms with E-state index >= 15 is 0 Å². The predicted molar refractivity (Wildman–Crippen MR) is 128 cm³/mol. The summed E-state index contributed by atoms with van der Waals surface area (Å²) in [6.45, 7) is 5.77. The smallest absolute Gasteiger partial charge is 0.259 e. The molecular weight excluding hydrogens is 416 g/mol. The van der Waals surface area contributed by atoms with Crippen LogP contribution in [0.25, 0.3) is 5.57 Å². The van der Waals surface area contributed by atoms with Gasteiger partial charge in [-0.3, -0.25) is 14.7 Å². The van der Waals surface area contributed by atoms with E-state index in [1.54, 1.807) is 11.1 Å². The van der Waals surface area contributed by atoms with Gasteiger partial charge in [0.15, 0.2) is 0 Å². The molecule has 0 bridgehead atoms. The highest BCUT2D eigenvalue weighted by Gasteiger charge is 2.34. The molecule has 7 nitrogen and oxygen atoms in total. The first-order valence-corrected chi connectivity index (χ1v) is 11.8. The van der Waals surface area contributed by atoms with Crippen molar-refractivity contribution in [2.75, 3.05) is 26.7 Å². The molecular formula is C26H34N4O3. The van der Waals surface area contributed by atoms with Crippen LogP contribution in [0.2, 0.25) is 0 Å². The Morgan fingerprint density at radius 3 is 2.88 bits per heavy atom. The van der Waals surface area contributed by atoms with Crippen molar-refractivity contribution in [2.45, 2.75) is 51.8 Å². The van der Waals surface area contributed by atoms with Crippen molar-refractivity contribution >= 4 is 11.5 Å². The van der Waals surface area contributed by atoms with Crippen LogP contribution in [0.4, 0.5) is 0 Å². The Hall–Kier alpha value is -2.77. The maximum absolute atomic E-state index is 13.5. The number of aliphatic hydroxyl groups is 1. The van der Waals surface area contributed by atoms with Crippen molar-refractivity contribution < 1.29 is 14.6 Å². The minimum Gasteiger partial charge on any atom is -0.472 e. The number of allylic oxidation sites excluding steroid dienone is 2. The first kappa shape index (κ1) is 23.4. The number of pyridine rings is 2. The molecule has 0 saturated carbocycles. The van der Waals surface area contributed by atoms with Gasteiger partial charge in [0.25, 0.3) is 5.91 Å². The van der Waals surface area contributed by atoms with E-state index in [0.29, 0.717) is 31.1 Å². The number of amides is 1. The van der Waals surface area contributed by atoms with Crippen LogP contribution in [-0.4, -0.2) is 69.7 Å². The molecule has 7 heteroatoms. The van der Waals surface area contributed by atoms with Gasteiger partial charge in [-0.1, -0.05) is 19.1 Å². The van der Waals surface area contributed by atoms with E-state index in [1.807, 2.05) is 44.4 Å². The second-order valence-electron chi connectivity index (χ2n) is 9.34. The van der Waals surface area contributed by atoms with Gasteiger partial charge in [0.05, 0.1) is 18.3 Å². The molecule has 33 heavy (non-hydrogen) atoms. The minimum absolute atomic E-state index is 0.0568. The number of fused-ring (bicyclic) bond motifs is 1. The Bertz CT molecular complexity index is 994. The molecule has 1 aliphatic carbocycles. The highest BCUT2D eigenvalue weighted by molar-refractivity contribution is 5.97. The number of aromatic nitrogens is 2. The Kier molecular flexibility index (Phi) is 7.40. The third-order valence-corrected chi connectivity index (χ3v) is 6.58. The quantitative estimate of drug-likeness (QED) is 0.697. The van der Waals surface area contributed by atoms with Gasteiger partial charge < -0.3 is 14.7 Å². The molecule has 1 aliphatic heterocycles. The average Bonchev–Trinajstić information content (AvgIpc) is 3.36. The summed E-state index contributed by atoms with van der Waals surface area (Å²) >= 11 is 0. The van der Waals surface area contributed by atoms with Gasteiger partial charge in [0.1, 0.15) is 11.7 Å². The number of aliphatic hydroxyl groups excluding tert-OH is 1. The number of hydrogen-bond donors (Lipinski definition) is 1. The molecule has 0 radical (unpaired) electrons. The van der Waals surface area contributed by atoms with Crippen LogP contribution in [0.1, 0.15) is 54.7 Å². The van der Waals surface area contributed by atoms with E-state index in [2.05, 4.69) is 27.9 Å². The summed E-state index contributed by atoms with van der Waals surface area (Å²) in [4.78, 5) is 26.5. The summed E-state index contributed by atoms with van der Waals surface area (Å²) < 4.78 is 6.40. The van der Waals surface area contributed by atoms with Crippen molar-refractivity contribution in [1.82, 2.24) is 19.8 Å². The zero-order chi connectivity index (χ0) is 23.4. The number of carbonyl (C=O) groups excluding carboxylic acids is 1. The molecule has 2 aromatic heterocycles. The van der Waals surface area contributed by atoms with Gasteiger partial charge in [-0.15, -0.1) is 0 Å². The van der Waals surface area contributed by atoms with Crippen molar-refractivity contribution in [3.63, 3.8) is 0 Å². The van der Waals surface area contributed by atoms with E-state index < -0.39 is 0 Å². The van der Waals surface area contributed by atoms with Crippen LogP contribution < -0.4 is 4.74 Å². The van der Waals surface area contributed by atoms with Crippen LogP contribution in [-0.2, 0) is 6.54 Å². The van der Waals surface area contributed by atoms with E-state index in [-0.39, 0.29) is 30.6 Å². The van der Waals surface area contributed by atoms with Crippen LogP contribution in [0.3, 0.4) is 0 Å². The van der Waals surface area contributed by atoms with E-state index in [0.717, 1.165) is 30.5 Å². The molecule has 0 fully saturated rings. The monoisotopic (exact) mass is 450 g/mol. The van der Waals surface area contributed by atoms with Gasteiger partial charge in [-0.2, -0.15) is 0 Å². The number of likely N-dealkylation sites (N-methyl/N-ethyl adjacent to an activating group) is 1. The Labute approximate surface area is 196 Å². The lowest BCUT2D eigenvalue weighted by Crippen LogP contribution is -2.49. The minimum atomic E-state index is -0.285. The molecule has 0 saturated heterocycles. The Balaban J connectivity index is 1.62. The second-order valence-corrected chi connectivity index (χ2v) is 9.34. The topological polar surface area (TPSA) is 78.8 Å². The van der Waals surface area contributed by atoms with Gasteiger partial charge in [-0.25, -0.2) is 4.98 Å². The summed E-state index contributed by atoms with van der Waals surface area (Å²) in [7, 11) is 2.05. The van der Waals surface area contributed by atoms with Crippen LogP contribution >= 0.6 is 0 Å². The summed E-state index contributed by atoms with van der Waals surface area (Å²) in [6, 6.07) is 7.55. The summed E-state index contributed by atoms with van der Waals surface area (Å²) in [5.74, 6) is 0.299. The molecule has 1 N–H and O–H groups in total. The Morgan fingerprint density at radius 2 is 2.18 bits per heavy atom. The van der Waals surface area contributed by atoms with Gasteiger partial charge >= 0.3 is 0 Å². The lowest BCUT2D eigenvalue weighted by atomic mass is 9.99. The van der Waals surface area contributed by atoms with Gasteiger partial charge in [0.2, 0.25) is 5.88 Å². The van der Waals surface area contributed by atoms with E-state index in [9.17, 15) is 9.90 Å². The van der Waals surface area contributed by atoms with Gasteiger partial charge in [0, 0.05) is 37.9 Å². The maximum Gasteiger partial charge on any atom is 0.259 e. The largest absolute Gasteiger partial charge is 0.472 e. The molecule has 2 aromatic rings. The van der Waals surface area contributed by atoms with E-state index in [1.165, 1.54) is 5.57 Å². The first-order chi connectivity index (χ1) is 16.0. The fourth-order valence-corrected chi connectivity index (χ4v) is 4.57. The predicted octanol–water partition coefficient (Wildman–Crippen LogP) is 3.40. The molecule has 0 aromatic carbocycles. The zero-order valence-electron chi connectivity index (χ0n) is 19.8. The van der Waals surface area contributed by atoms with Crippen molar-refractivity contribution in [1.29, 1.82) is 0 Å². The molecule has 0 unspecified atom stereocenters. The third kappa shape index (κ3) is 5.42. The number of nitrogens with zero attached hydrogens (tertiary/aromatic N) is 4. The van der Waals surface area contributed by atoms with Crippen LogP contribution in [0, 0.1) is 5.92 Å². The fourth-order valence-electron chi connectivity index (χ4n) is 4.57. The highest BCUT2D eigenvalue weighted by Crippen LogP contribution is 2.32. The van der Waals surface area contributed by atoms with Crippen molar-refractivity contribution in [2.24, 2.45) is 5.92 Å². The van der Waals surface area contributed by atoms with Crippen LogP contribution in [0.15, 0.2) is 42.7 Å². The fraction of sp³-hybridized carbons (Fsp3) is 0.500. The molecule has 3 atom stereocenters. The molecule has 2 aliphatic rings.